The Kier molecular flexibility index (Phi) is 7.02. The van der Waals surface area contributed by atoms with E-state index >= 15 is 0 Å². The summed E-state index contributed by atoms with van der Waals surface area (Å²) in [5, 5.41) is 2.81. The van der Waals surface area contributed by atoms with Gasteiger partial charge < -0.3 is 10.1 Å². The maximum atomic E-state index is 12.8. The topological polar surface area (TPSA) is 75.7 Å². The molecule has 1 fully saturated rings. The number of sulfonamides is 1. The lowest BCUT2D eigenvalue weighted by Crippen LogP contribution is -2.45. The molecule has 30 heavy (non-hydrogen) atoms. The molecule has 0 aromatic heterocycles. The van der Waals surface area contributed by atoms with Crippen molar-refractivity contribution < 1.29 is 17.9 Å². The van der Waals surface area contributed by atoms with Gasteiger partial charge in [-0.25, -0.2) is 8.42 Å². The number of nitrogens with one attached hydrogen (secondary N) is 1. The number of hydrogen-bond acceptors (Lipinski definition) is 4. The Labute approximate surface area is 179 Å². The molecule has 7 heteroatoms. The maximum absolute atomic E-state index is 12.8. The second-order valence-electron chi connectivity index (χ2n) is 7.79. The lowest BCUT2D eigenvalue weighted by atomic mass is 10.1. The third kappa shape index (κ3) is 5.53. The van der Waals surface area contributed by atoms with E-state index in [1.165, 1.54) is 12.8 Å². The number of carbonyl (C=O) groups is 1. The highest BCUT2D eigenvalue weighted by Gasteiger charge is 2.29. The zero-order valence-corrected chi connectivity index (χ0v) is 18.6. The maximum Gasteiger partial charge on any atom is 0.247 e. The number of nitrogens with zero attached hydrogens (tertiary/aromatic N) is 1. The van der Waals surface area contributed by atoms with Crippen molar-refractivity contribution in [2.75, 3.05) is 15.9 Å². The monoisotopic (exact) mass is 430 g/mol. The molecule has 0 heterocycles. The molecule has 1 saturated carbocycles. The SMILES string of the molecule is CCc1ccc(N([C@@H](C)C(=O)Nc2ccc(OC3CCCC3)cc2)S(C)(=O)=O)cc1. The highest BCUT2D eigenvalue weighted by molar-refractivity contribution is 7.92. The molecule has 0 unspecified atom stereocenters. The van der Waals surface area contributed by atoms with Crippen molar-refractivity contribution in [2.24, 2.45) is 0 Å². The van der Waals surface area contributed by atoms with Crippen molar-refractivity contribution in [1.29, 1.82) is 0 Å². The van der Waals surface area contributed by atoms with E-state index in [4.69, 9.17) is 4.74 Å². The lowest BCUT2D eigenvalue weighted by Gasteiger charge is -2.28. The first-order chi connectivity index (χ1) is 14.3. The van der Waals surface area contributed by atoms with Gasteiger partial charge in [-0.15, -0.1) is 0 Å². The number of anilines is 2. The number of benzene rings is 2. The van der Waals surface area contributed by atoms with Crippen LogP contribution in [0.1, 0.15) is 45.1 Å². The van der Waals surface area contributed by atoms with Crippen molar-refractivity contribution in [1.82, 2.24) is 0 Å². The van der Waals surface area contributed by atoms with Crippen LogP contribution in [-0.4, -0.2) is 32.7 Å². The minimum Gasteiger partial charge on any atom is -0.490 e. The number of ether oxygens (including phenoxy) is 1. The zero-order valence-electron chi connectivity index (χ0n) is 17.8. The van der Waals surface area contributed by atoms with Crippen molar-refractivity contribution in [2.45, 2.75) is 58.1 Å². The molecule has 0 saturated heterocycles. The summed E-state index contributed by atoms with van der Waals surface area (Å²) in [6.45, 7) is 3.62. The minimum absolute atomic E-state index is 0.271. The highest BCUT2D eigenvalue weighted by atomic mass is 32.2. The minimum atomic E-state index is -3.64. The first-order valence-electron chi connectivity index (χ1n) is 10.4. The molecule has 1 amide bonds. The van der Waals surface area contributed by atoms with Crippen LogP contribution in [0.5, 0.6) is 5.75 Å². The normalized spacial score (nSPS) is 15.6. The summed E-state index contributed by atoms with van der Waals surface area (Å²) in [7, 11) is -3.64. The summed E-state index contributed by atoms with van der Waals surface area (Å²) in [4.78, 5) is 12.8. The van der Waals surface area contributed by atoms with E-state index in [1.54, 1.807) is 31.2 Å². The van der Waals surface area contributed by atoms with Crippen molar-refractivity contribution in [3.8, 4) is 5.75 Å². The molecule has 1 atom stereocenters. The first-order valence-corrected chi connectivity index (χ1v) is 12.3. The second-order valence-corrected chi connectivity index (χ2v) is 9.65. The zero-order chi connectivity index (χ0) is 21.7. The Hall–Kier alpha value is -2.54. The fourth-order valence-electron chi connectivity index (χ4n) is 3.75. The Morgan fingerprint density at radius 1 is 1.10 bits per heavy atom. The largest absolute Gasteiger partial charge is 0.490 e. The smallest absolute Gasteiger partial charge is 0.247 e. The van der Waals surface area contributed by atoms with Crippen LogP contribution in [-0.2, 0) is 21.2 Å². The molecular weight excluding hydrogens is 400 g/mol. The van der Waals surface area contributed by atoms with Gasteiger partial charge in [-0.3, -0.25) is 9.10 Å². The summed E-state index contributed by atoms with van der Waals surface area (Å²) in [5.74, 6) is 0.381. The fourth-order valence-corrected chi connectivity index (χ4v) is 4.92. The summed E-state index contributed by atoms with van der Waals surface area (Å²) >= 11 is 0. The van der Waals surface area contributed by atoms with Gasteiger partial charge in [0.25, 0.3) is 0 Å². The van der Waals surface area contributed by atoms with Crippen LogP contribution in [0.15, 0.2) is 48.5 Å². The summed E-state index contributed by atoms with van der Waals surface area (Å²) in [6.07, 6.45) is 6.80. The van der Waals surface area contributed by atoms with Crippen molar-refractivity contribution in [3.63, 3.8) is 0 Å². The quantitative estimate of drug-likeness (QED) is 0.675. The molecule has 2 aromatic carbocycles. The Morgan fingerprint density at radius 3 is 2.23 bits per heavy atom. The fraction of sp³-hybridized carbons (Fsp3) is 0.435. The molecule has 6 nitrogen and oxygen atoms in total. The number of amides is 1. The first kappa shape index (κ1) is 22.2. The predicted octanol–water partition coefficient (Wildman–Crippen LogP) is 4.36. The molecule has 1 N–H and O–H groups in total. The van der Waals surface area contributed by atoms with Crippen LogP contribution in [0, 0.1) is 0 Å². The lowest BCUT2D eigenvalue weighted by molar-refractivity contribution is -0.116. The number of hydrogen-bond donors (Lipinski definition) is 1. The van der Waals surface area contributed by atoms with Crippen molar-refractivity contribution in [3.05, 3.63) is 54.1 Å². The molecule has 0 bridgehead atoms. The Balaban J connectivity index is 1.70. The second kappa shape index (κ2) is 9.51. The number of rotatable bonds is 8. The molecule has 162 valence electrons. The third-order valence-electron chi connectivity index (χ3n) is 5.41. The third-order valence-corrected chi connectivity index (χ3v) is 6.66. The molecule has 3 rings (SSSR count). The highest BCUT2D eigenvalue weighted by Crippen LogP contribution is 2.26. The van der Waals surface area contributed by atoms with E-state index in [9.17, 15) is 13.2 Å². The van der Waals surface area contributed by atoms with Gasteiger partial charge in [0.1, 0.15) is 11.8 Å². The molecule has 1 aliphatic rings. The Morgan fingerprint density at radius 2 is 1.70 bits per heavy atom. The average Bonchev–Trinajstić information content (AvgIpc) is 3.22. The molecule has 0 aliphatic heterocycles. The van der Waals surface area contributed by atoms with E-state index < -0.39 is 22.0 Å². The van der Waals surface area contributed by atoms with Gasteiger partial charge in [0.15, 0.2) is 0 Å². The number of aryl methyl sites for hydroxylation is 1. The van der Waals surface area contributed by atoms with Gasteiger partial charge in [0, 0.05) is 5.69 Å². The van der Waals surface area contributed by atoms with Crippen LogP contribution in [0.2, 0.25) is 0 Å². The summed E-state index contributed by atoms with van der Waals surface area (Å²) in [6, 6.07) is 13.5. The van der Waals surface area contributed by atoms with Gasteiger partial charge in [0.2, 0.25) is 15.9 Å². The van der Waals surface area contributed by atoms with Crippen LogP contribution in [0.25, 0.3) is 0 Å². The van der Waals surface area contributed by atoms with Crippen LogP contribution >= 0.6 is 0 Å². The summed E-state index contributed by atoms with van der Waals surface area (Å²) < 4.78 is 31.9. The van der Waals surface area contributed by atoms with Gasteiger partial charge >= 0.3 is 0 Å². The molecule has 1 aliphatic carbocycles. The van der Waals surface area contributed by atoms with Gasteiger partial charge in [-0.1, -0.05) is 19.1 Å². The van der Waals surface area contributed by atoms with E-state index in [1.807, 2.05) is 31.2 Å². The summed E-state index contributed by atoms with van der Waals surface area (Å²) in [5.41, 5.74) is 2.17. The standard InChI is InChI=1S/C23H30N2O4S/c1-4-18-9-13-20(14-10-18)25(30(3,27)28)17(2)23(26)24-19-11-15-22(16-12-19)29-21-7-5-6-8-21/h9-17,21H,4-8H2,1-3H3,(H,24,26)/t17-/m0/s1. The van der Waals surface area contributed by atoms with Crippen LogP contribution in [0.4, 0.5) is 11.4 Å². The van der Waals surface area contributed by atoms with E-state index in [2.05, 4.69) is 5.32 Å². The van der Waals surface area contributed by atoms with Crippen molar-refractivity contribution >= 4 is 27.3 Å². The van der Waals surface area contributed by atoms with Crippen LogP contribution in [0.3, 0.4) is 0 Å². The van der Waals surface area contributed by atoms with E-state index in [0.717, 1.165) is 41.1 Å². The van der Waals surface area contributed by atoms with Gasteiger partial charge in [0.05, 0.1) is 18.0 Å². The molecule has 0 radical (unpaired) electrons. The van der Waals surface area contributed by atoms with Crippen LogP contribution < -0.4 is 14.4 Å². The number of carbonyl (C=O) groups excluding carboxylic acids is 1. The predicted molar refractivity (Wildman–Crippen MR) is 121 cm³/mol. The molecule has 0 spiro atoms. The molecular formula is C23H30N2O4S. The van der Waals surface area contributed by atoms with E-state index in [-0.39, 0.29) is 6.10 Å². The van der Waals surface area contributed by atoms with Gasteiger partial charge in [-0.2, -0.15) is 0 Å². The van der Waals surface area contributed by atoms with E-state index in [0.29, 0.717) is 11.4 Å². The molecule has 2 aromatic rings. The Bertz CT molecular complexity index is 950. The average molecular weight is 431 g/mol. The van der Waals surface area contributed by atoms with Gasteiger partial charge in [-0.05, 0) is 81.0 Å².